The summed E-state index contributed by atoms with van der Waals surface area (Å²) in [4.78, 5) is 23.4. The molecular weight excluding hydrogens is 276 g/mol. The molecule has 1 aliphatic heterocycles. The van der Waals surface area contributed by atoms with Crippen LogP contribution in [0.5, 0.6) is 0 Å². The maximum absolute atomic E-state index is 12.1. The van der Waals surface area contributed by atoms with Crippen molar-refractivity contribution in [1.82, 2.24) is 5.32 Å². The number of anilines is 1. The fraction of sp³-hybridized carbons (Fsp3) is 0.222. The van der Waals surface area contributed by atoms with Crippen molar-refractivity contribution in [3.63, 3.8) is 0 Å². The standard InChI is InChI=1S/C18H18N2O2/c1-12-4-2-3-5-14(12)11-19-17(21)9-13-6-7-16-15(8-13)10-18(22)20-16/h2-8H,9-11H2,1H3,(H,19,21)(H,20,22). The van der Waals surface area contributed by atoms with E-state index < -0.39 is 0 Å². The number of carbonyl (C=O) groups excluding carboxylic acids is 2. The van der Waals surface area contributed by atoms with Gasteiger partial charge >= 0.3 is 0 Å². The topological polar surface area (TPSA) is 58.2 Å². The van der Waals surface area contributed by atoms with Gasteiger partial charge in [-0.25, -0.2) is 0 Å². The summed E-state index contributed by atoms with van der Waals surface area (Å²) >= 11 is 0. The zero-order valence-corrected chi connectivity index (χ0v) is 12.5. The minimum absolute atomic E-state index is 0.0103. The van der Waals surface area contributed by atoms with Gasteiger partial charge in [0.25, 0.3) is 0 Å². The summed E-state index contributed by atoms with van der Waals surface area (Å²) in [6.45, 7) is 2.57. The third-order valence-corrected chi connectivity index (χ3v) is 3.90. The molecule has 22 heavy (non-hydrogen) atoms. The number of benzene rings is 2. The molecule has 112 valence electrons. The van der Waals surface area contributed by atoms with Crippen LogP contribution in [0, 0.1) is 6.92 Å². The predicted molar refractivity (Wildman–Crippen MR) is 85.5 cm³/mol. The van der Waals surface area contributed by atoms with E-state index in [1.54, 1.807) is 0 Å². The van der Waals surface area contributed by atoms with Gasteiger partial charge in [-0.05, 0) is 35.2 Å². The van der Waals surface area contributed by atoms with E-state index in [1.807, 2.05) is 49.4 Å². The highest BCUT2D eigenvalue weighted by atomic mass is 16.2. The van der Waals surface area contributed by atoms with Crippen LogP contribution in [-0.4, -0.2) is 11.8 Å². The second kappa shape index (κ2) is 6.02. The first kappa shape index (κ1) is 14.3. The zero-order valence-electron chi connectivity index (χ0n) is 12.5. The van der Waals surface area contributed by atoms with Crippen LogP contribution in [0.25, 0.3) is 0 Å². The van der Waals surface area contributed by atoms with Gasteiger partial charge in [-0.2, -0.15) is 0 Å². The van der Waals surface area contributed by atoms with E-state index in [-0.39, 0.29) is 11.8 Å². The molecule has 1 aliphatic rings. The van der Waals surface area contributed by atoms with E-state index in [0.29, 0.717) is 19.4 Å². The van der Waals surface area contributed by atoms with Gasteiger partial charge in [0, 0.05) is 12.2 Å². The Kier molecular flexibility index (Phi) is 3.92. The van der Waals surface area contributed by atoms with Crippen LogP contribution < -0.4 is 10.6 Å². The summed E-state index contributed by atoms with van der Waals surface area (Å²) in [6, 6.07) is 13.7. The highest BCUT2D eigenvalue weighted by Gasteiger charge is 2.17. The normalized spacial score (nSPS) is 12.7. The van der Waals surface area contributed by atoms with E-state index in [9.17, 15) is 9.59 Å². The number of fused-ring (bicyclic) bond motifs is 1. The summed E-state index contributed by atoms with van der Waals surface area (Å²) in [5.74, 6) is -0.00311. The average Bonchev–Trinajstić information content (AvgIpc) is 2.86. The van der Waals surface area contributed by atoms with Crippen molar-refractivity contribution in [3.8, 4) is 0 Å². The van der Waals surface area contributed by atoms with Crippen molar-refractivity contribution in [3.05, 3.63) is 64.7 Å². The third kappa shape index (κ3) is 3.17. The molecule has 0 unspecified atom stereocenters. The van der Waals surface area contributed by atoms with Gasteiger partial charge in [-0.1, -0.05) is 36.4 Å². The summed E-state index contributed by atoms with van der Waals surface area (Å²) < 4.78 is 0. The molecule has 2 amide bonds. The maximum Gasteiger partial charge on any atom is 0.228 e. The van der Waals surface area contributed by atoms with Gasteiger partial charge in [-0.15, -0.1) is 0 Å². The molecule has 2 aromatic rings. The van der Waals surface area contributed by atoms with Crippen molar-refractivity contribution < 1.29 is 9.59 Å². The monoisotopic (exact) mass is 294 g/mol. The molecule has 0 bridgehead atoms. The molecule has 0 saturated carbocycles. The van der Waals surface area contributed by atoms with Crippen LogP contribution in [-0.2, 0) is 29.0 Å². The average molecular weight is 294 g/mol. The predicted octanol–water partition coefficient (Wildman–Crippen LogP) is 2.35. The Bertz CT molecular complexity index is 738. The van der Waals surface area contributed by atoms with Crippen LogP contribution in [0.4, 0.5) is 5.69 Å². The number of amides is 2. The van der Waals surface area contributed by atoms with Crippen molar-refractivity contribution in [1.29, 1.82) is 0 Å². The van der Waals surface area contributed by atoms with Gasteiger partial charge in [0.2, 0.25) is 11.8 Å². The first-order chi connectivity index (χ1) is 10.6. The Morgan fingerprint density at radius 3 is 2.86 bits per heavy atom. The summed E-state index contributed by atoms with van der Waals surface area (Å²) in [5.41, 5.74) is 5.05. The van der Waals surface area contributed by atoms with Crippen LogP contribution in [0.15, 0.2) is 42.5 Å². The summed E-state index contributed by atoms with van der Waals surface area (Å²) in [7, 11) is 0. The van der Waals surface area contributed by atoms with Crippen LogP contribution in [0.3, 0.4) is 0 Å². The van der Waals surface area contributed by atoms with Crippen molar-refractivity contribution in [2.75, 3.05) is 5.32 Å². The largest absolute Gasteiger partial charge is 0.352 e. The van der Waals surface area contributed by atoms with Crippen LogP contribution >= 0.6 is 0 Å². The quantitative estimate of drug-likeness (QED) is 0.909. The smallest absolute Gasteiger partial charge is 0.228 e. The minimum Gasteiger partial charge on any atom is -0.352 e. The lowest BCUT2D eigenvalue weighted by molar-refractivity contribution is -0.120. The Labute approximate surface area is 129 Å². The molecule has 0 atom stereocenters. The molecule has 0 spiro atoms. The first-order valence-corrected chi connectivity index (χ1v) is 7.34. The van der Waals surface area contributed by atoms with Crippen molar-refractivity contribution in [2.24, 2.45) is 0 Å². The third-order valence-electron chi connectivity index (χ3n) is 3.90. The lowest BCUT2D eigenvalue weighted by Crippen LogP contribution is -2.24. The lowest BCUT2D eigenvalue weighted by atomic mass is 10.1. The number of aryl methyl sites for hydroxylation is 1. The fourth-order valence-electron chi connectivity index (χ4n) is 2.64. The molecule has 0 saturated heterocycles. The second-order valence-corrected chi connectivity index (χ2v) is 5.60. The molecule has 3 rings (SSSR count). The van der Waals surface area contributed by atoms with Gasteiger partial charge in [0.1, 0.15) is 0 Å². The number of carbonyl (C=O) groups is 2. The Morgan fingerprint density at radius 2 is 2.05 bits per heavy atom. The molecule has 2 N–H and O–H groups in total. The molecule has 1 heterocycles. The van der Waals surface area contributed by atoms with Gasteiger partial charge in [0.05, 0.1) is 12.8 Å². The summed E-state index contributed by atoms with van der Waals surface area (Å²) in [6.07, 6.45) is 0.724. The molecule has 4 nitrogen and oxygen atoms in total. The number of hydrogen-bond acceptors (Lipinski definition) is 2. The Hall–Kier alpha value is -2.62. The Morgan fingerprint density at radius 1 is 1.23 bits per heavy atom. The number of nitrogens with one attached hydrogen (secondary N) is 2. The molecular formula is C18H18N2O2. The van der Waals surface area contributed by atoms with Gasteiger partial charge in [0.15, 0.2) is 0 Å². The van der Waals surface area contributed by atoms with Crippen LogP contribution in [0.2, 0.25) is 0 Å². The molecule has 2 aromatic carbocycles. The van der Waals surface area contributed by atoms with E-state index in [2.05, 4.69) is 10.6 Å². The lowest BCUT2D eigenvalue weighted by Gasteiger charge is -2.08. The fourth-order valence-corrected chi connectivity index (χ4v) is 2.64. The van der Waals surface area contributed by atoms with E-state index in [0.717, 1.165) is 22.4 Å². The van der Waals surface area contributed by atoms with Crippen LogP contribution in [0.1, 0.15) is 22.3 Å². The Balaban J connectivity index is 1.60. The van der Waals surface area contributed by atoms with Gasteiger partial charge in [-0.3, -0.25) is 9.59 Å². The molecule has 0 aliphatic carbocycles. The highest BCUT2D eigenvalue weighted by Crippen LogP contribution is 2.24. The number of rotatable bonds is 4. The van der Waals surface area contributed by atoms with E-state index in [4.69, 9.17) is 0 Å². The maximum atomic E-state index is 12.1. The second-order valence-electron chi connectivity index (χ2n) is 5.60. The zero-order chi connectivity index (χ0) is 15.5. The molecule has 0 fully saturated rings. The first-order valence-electron chi connectivity index (χ1n) is 7.34. The highest BCUT2D eigenvalue weighted by molar-refractivity contribution is 5.99. The van der Waals surface area contributed by atoms with Crippen molar-refractivity contribution >= 4 is 17.5 Å². The summed E-state index contributed by atoms with van der Waals surface area (Å²) in [5, 5.41) is 5.73. The molecule has 0 aromatic heterocycles. The number of hydrogen-bond donors (Lipinski definition) is 2. The molecule has 0 radical (unpaired) electrons. The van der Waals surface area contributed by atoms with Crippen molar-refractivity contribution in [2.45, 2.75) is 26.3 Å². The van der Waals surface area contributed by atoms with E-state index >= 15 is 0 Å². The SMILES string of the molecule is Cc1ccccc1CNC(=O)Cc1ccc2c(c1)CC(=O)N2. The van der Waals surface area contributed by atoms with Gasteiger partial charge < -0.3 is 10.6 Å². The minimum atomic E-state index is -0.0134. The molecule has 4 heteroatoms. The van der Waals surface area contributed by atoms with E-state index in [1.165, 1.54) is 5.56 Å².